The minimum Gasteiger partial charge on any atom is -0.381 e. The topological polar surface area (TPSA) is 21.3 Å². The van der Waals surface area contributed by atoms with Crippen LogP contribution in [0.1, 0.15) is 26.7 Å². The average Bonchev–Trinajstić information content (AvgIpc) is 2.56. The molecular weight excluding hydrogens is 162 g/mol. The van der Waals surface area contributed by atoms with Gasteiger partial charge in [0.2, 0.25) is 0 Å². The minimum atomic E-state index is 0.483. The molecule has 2 atom stereocenters. The SMILES string of the molecule is C=C(C)C(CC1CCOC1)NCC. The molecule has 1 fully saturated rings. The largest absolute Gasteiger partial charge is 0.381 e. The maximum Gasteiger partial charge on any atom is 0.0495 e. The quantitative estimate of drug-likeness (QED) is 0.658. The third-order valence-corrected chi connectivity index (χ3v) is 2.64. The third kappa shape index (κ3) is 3.49. The van der Waals surface area contributed by atoms with Gasteiger partial charge in [0.05, 0.1) is 0 Å². The van der Waals surface area contributed by atoms with Crippen LogP contribution in [-0.4, -0.2) is 25.8 Å². The van der Waals surface area contributed by atoms with Crippen LogP contribution in [0, 0.1) is 5.92 Å². The molecule has 1 N–H and O–H groups in total. The summed E-state index contributed by atoms with van der Waals surface area (Å²) in [4.78, 5) is 0. The van der Waals surface area contributed by atoms with Gasteiger partial charge in [0.15, 0.2) is 0 Å². The Balaban J connectivity index is 2.32. The summed E-state index contributed by atoms with van der Waals surface area (Å²) < 4.78 is 5.36. The molecule has 1 heterocycles. The van der Waals surface area contributed by atoms with E-state index in [1.54, 1.807) is 0 Å². The second-order valence-electron chi connectivity index (χ2n) is 3.92. The molecule has 0 radical (unpaired) electrons. The molecule has 13 heavy (non-hydrogen) atoms. The van der Waals surface area contributed by atoms with Crippen LogP contribution in [0.4, 0.5) is 0 Å². The van der Waals surface area contributed by atoms with E-state index in [0.29, 0.717) is 6.04 Å². The summed E-state index contributed by atoms with van der Waals surface area (Å²) >= 11 is 0. The molecule has 0 saturated carbocycles. The van der Waals surface area contributed by atoms with Crippen LogP contribution in [-0.2, 0) is 4.74 Å². The molecule has 0 amide bonds. The number of hydrogen-bond acceptors (Lipinski definition) is 2. The van der Waals surface area contributed by atoms with Gasteiger partial charge < -0.3 is 10.1 Å². The zero-order valence-corrected chi connectivity index (χ0v) is 8.81. The Hall–Kier alpha value is -0.340. The predicted octanol–water partition coefficient (Wildman–Crippen LogP) is 1.97. The third-order valence-electron chi connectivity index (χ3n) is 2.64. The molecule has 76 valence electrons. The first-order valence-electron chi connectivity index (χ1n) is 5.20. The van der Waals surface area contributed by atoms with E-state index < -0.39 is 0 Å². The van der Waals surface area contributed by atoms with Gasteiger partial charge in [-0.2, -0.15) is 0 Å². The number of ether oxygens (including phenoxy) is 1. The lowest BCUT2D eigenvalue weighted by molar-refractivity contribution is 0.182. The molecule has 1 saturated heterocycles. The van der Waals surface area contributed by atoms with E-state index in [1.165, 1.54) is 18.4 Å². The first-order valence-corrected chi connectivity index (χ1v) is 5.20. The van der Waals surface area contributed by atoms with Gasteiger partial charge in [-0.1, -0.05) is 19.1 Å². The van der Waals surface area contributed by atoms with Crippen LogP contribution >= 0.6 is 0 Å². The number of rotatable bonds is 5. The molecule has 0 aromatic rings. The van der Waals surface area contributed by atoms with E-state index in [4.69, 9.17) is 4.74 Å². The normalized spacial score (nSPS) is 24.6. The number of likely N-dealkylation sites (N-methyl/N-ethyl adjacent to an activating group) is 1. The van der Waals surface area contributed by atoms with Gasteiger partial charge in [0.25, 0.3) is 0 Å². The van der Waals surface area contributed by atoms with Crippen molar-refractivity contribution in [2.75, 3.05) is 19.8 Å². The molecule has 0 spiro atoms. The first kappa shape index (κ1) is 10.7. The predicted molar refractivity (Wildman–Crippen MR) is 55.8 cm³/mol. The van der Waals surface area contributed by atoms with Crippen molar-refractivity contribution < 1.29 is 4.74 Å². The average molecular weight is 183 g/mol. The van der Waals surface area contributed by atoms with E-state index in [2.05, 4.69) is 25.7 Å². The zero-order chi connectivity index (χ0) is 9.68. The van der Waals surface area contributed by atoms with E-state index in [0.717, 1.165) is 25.7 Å². The standard InChI is InChI=1S/C11H21NO/c1-4-12-11(9(2)3)7-10-5-6-13-8-10/h10-12H,2,4-8H2,1,3H3. The molecule has 1 aliphatic heterocycles. The van der Waals surface area contributed by atoms with Crippen LogP contribution in [0.5, 0.6) is 0 Å². The van der Waals surface area contributed by atoms with Gasteiger partial charge in [0.1, 0.15) is 0 Å². The van der Waals surface area contributed by atoms with Gasteiger partial charge >= 0.3 is 0 Å². The molecule has 2 nitrogen and oxygen atoms in total. The van der Waals surface area contributed by atoms with E-state index >= 15 is 0 Å². The van der Waals surface area contributed by atoms with Crippen molar-refractivity contribution in [2.45, 2.75) is 32.7 Å². The summed E-state index contributed by atoms with van der Waals surface area (Å²) in [6.45, 7) is 11.2. The van der Waals surface area contributed by atoms with Gasteiger partial charge in [-0.05, 0) is 32.2 Å². The molecular formula is C11H21NO. The highest BCUT2D eigenvalue weighted by Gasteiger charge is 2.20. The number of hydrogen-bond donors (Lipinski definition) is 1. The molecule has 2 heteroatoms. The minimum absolute atomic E-state index is 0.483. The van der Waals surface area contributed by atoms with Crippen molar-refractivity contribution in [3.8, 4) is 0 Å². The Kier molecular flexibility index (Phi) is 4.46. The summed E-state index contributed by atoms with van der Waals surface area (Å²) in [7, 11) is 0. The molecule has 1 rings (SSSR count). The smallest absolute Gasteiger partial charge is 0.0495 e. The summed E-state index contributed by atoms with van der Waals surface area (Å²) in [6, 6.07) is 0.483. The Morgan fingerprint density at radius 1 is 1.69 bits per heavy atom. The lowest BCUT2D eigenvalue weighted by Crippen LogP contribution is -2.31. The van der Waals surface area contributed by atoms with E-state index in [1.807, 2.05) is 0 Å². The van der Waals surface area contributed by atoms with E-state index in [9.17, 15) is 0 Å². The van der Waals surface area contributed by atoms with Gasteiger partial charge in [-0.25, -0.2) is 0 Å². The van der Waals surface area contributed by atoms with Gasteiger partial charge in [-0.15, -0.1) is 0 Å². The number of nitrogens with one attached hydrogen (secondary N) is 1. The zero-order valence-electron chi connectivity index (χ0n) is 8.81. The molecule has 0 aromatic carbocycles. The lowest BCUT2D eigenvalue weighted by atomic mass is 9.95. The van der Waals surface area contributed by atoms with Crippen molar-refractivity contribution in [1.29, 1.82) is 0 Å². The Labute approximate surface area is 81.4 Å². The highest BCUT2D eigenvalue weighted by Crippen LogP contribution is 2.20. The Bertz CT molecular complexity index is 161. The monoisotopic (exact) mass is 183 g/mol. The molecule has 0 bridgehead atoms. The van der Waals surface area contributed by atoms with Crippen LogP contribution in [0.15, 0.2) is 12.2 Å². The first-order chi connectivity index (χ1) is 6.24. The lowest BCUT2D eigenvalue weighted by Gasteiger charge is -2.20. The fraction of sp³-hybridized carbons (Fsp3) is 0.818. The fourth-order valence-electron chi connectivity index (χ4n) is 1.81. The maximum atomic E-state index is 5.36. The molecule has 2 unspecified atom stereocenters. The maximum absolute atomic E-state index is 5.36. The van der Waals surface area contributed by atoms with Gasteiger partial charge in [0, 0.05) is 19.3 Å². The van der Waals surface area contributed by atoms with Crippen LogP contribution in [0.3, 0.4) is 0 Å². The van der Waals surface area contributed by atoms with Crippen molar-refractivity contribution >= 4 is 0 Å². The summed E-state index contributed by atoms with van der Waals surface area (Å²) in [6.07, 6.45) is 2.40. The van der Waals surface area contributed by atoms with Crippen LogP contribution in [0.2, 0.25) is 0 Å². The highest BCUT2D eigenvalue weighted by molar-refractivity contribution is 5.02. The van der Waals surface area contributed by atoms with Gasteiger partial charge in [-0.3, -0.25) is 0 Å². The van der Waals surface area contributed by atoms with Crippen LogP contribution < -0.4 is 5.32 Å². The summed E-state index contributed by atoms with van der Waals surface area (Å²) in [5, 5.41) is 3.45. The van der Waals surface area contributed by atoms with E-state index in [-0.39, 0.29) is 0 Å². The van der Waals surface area contributed by atoms with Crippen molar-refractivity contribution in [3.05, 3.63) is 12.2 Å². The van der Waals surface area contributed by atoms with Crippen molar-refractivity contribution in [3.63, 3.8) is 0 Å². The molecule has 0 aromatic heterocycles. The summed E-state index contributed by atoms with van der Waals surface area (Å²) in [5.41, 5.74) is 1.24. The Morgan fingerprint density at radius 2 is 2.46 bits per heavy atom. The second-order valence-corrected chi connectivity index (χ2v) is 3.92. The second kappa shape index (κ2) is 5.40. The van der Waals surface area contributed by atoms with Crippen LogP contribution in [0.25, 0.3) is 0 Å². The van der Waals surface area contributed by atoms with Crippen molar-refractivity contribution in [2.24, 2.45) is 5.92 Å². The highest BCUT2D eigenvalue weighted by atomic mass is 16.5. The Morgan fingerprint density at radius 3 is 2.92 bits per heavy atom. The van der Waals surface area contributed by atoms with Crippen molar-refractivity contribution in [1.82, 2.24) is 5.32 Å². The molecule has 1 aliphatic rings. The summed E-state index contributed by atoms with van der Waals surface area (Å²) in [5.74, 6) is 0.737. The molecule has 0 aliphatic carbocycles. The fourth-order valence-corrected chi connectivity index (χ4v) is 1.81.